The first-order valence-corrected chi connectivity index (χ1v) is 15.1. The molecular formula is C33H48N4O3. The maximum atomic E-state index is 12.7. The lowest BCUT2D eigenvalue weighted by molar-refractivity contribution is 0.0340. The van der Waals surface area contributed by atoms with Crippen LogP contribution in [-0.2, 0) is 15.9 Å². The predicted octanol–water partition coefficient (Wildman–Crippen LogP) is 7.90. The number of ether oxygens (including phenoxy) is 2. The highest BCUT2D eigenvalue weighted by atomic mass is 16.6. The van der Waals surface area contributed by atoms with E-state index in [4.69, 9.17) is 19.9 Å². The average molecular weight is 549 g/mol. The number of hydrogen-bond acceptors (Lipinski definition) is 6. The van der Waals surface area contributed by atoms with Crippen molar-refractivity contribution >= 4 is 17.6 Å². The summed E-state index contributed by atoms with van der Waals surface area (Å²) in [5, 5.41) is 14.9. The fourth-order valence-electron chi connectivity index (χ4n) is 6.03. The standard InChI is InChI=1S/C33H48N4O3/c1-22(28-20-19-26(23(2)34)31(35-28)37-30-18-8-9-21-39-30)24-13-10-15-25-12-6-7-16-27(25)29(17-11-14-24)36-32(38)40-33(3,4)5/h6-7,12,16,19-20,22,24,29-30,34H,8-11,13-15,17-18,21H2,1-5H3,(H,35,37)(H,36,38)/t22?,24?,29-,30?/m0/s1. The summed E-state index contributed by atoms with van der Waals surface area (Å²) < 4.78 is 11.5. The Morgan fingerprint density at radius 3 is 2.55 bits per heavy atom. The van der Waals surface area contributed by atoms with Crippen LogP contribution >= 0.6 is 0 Å². The fraction of sp³-hybridized carbons (Fsp3) is 0.606. The van der Waals surface area contributed by atoms with Gasteiger partial charge in [-0.05, 0) is 108 Å². The summed E-state index contributed by atoms with van der Waals surface area (Å²) in [6, 6.07) is 12.6. The smallest absolute Gasteiger partial charge is 0.408 e. The Morgan fingerprint density at radius 2 is 1.82 bits per heavy atom. The highest BCUT2D eigenvalue weighted by molar-refractivity contribution is 6.00. The largest absolute Gasteiger partial charge is 0.444 e. The number of carbonyl (C=O) groups is 1. The number of anilines is 1. The molecular weight excluding hydrogens is 500 g/mol. The lowest BCUT2D eigenvalue weighted by Gasteiger charge is -2.29. The molecule has 1 fully saturated rings. The number of aryl methyl sites for hydroxylation is 1. The van der Waals surface area contributed by atoms with Crippen LogP contribution in [0.5, 0.6) is 0 Å². The van der Waals surface area contributed by atoms with E-state index in [0.717, 1.165) is 81.5 Å². The number of aromatic nitrogens is 1. The number of fused-ring (bicyclic) bond motifs is 1. The molecule has 0 bridgehead atoms. The molecule has 1 saturated heterocycles. The van der Waals surface area contributed by atoms with Crippen LogP contribution in [0.2, 0.25) is 0 Å². The normalized spacial score (nSPS) is 22.9. The molecule has 218 valence electrons. The Balaban J connectivity index is 1.51. The van der Waals surface area contributed by atoms with E-state index in [1.54, 1.807) is 0 Å². The summed E-state index contributed by atoms with van der Waals surface area (Å²) in [4.78, 5) is 17.8. The van der Waals surface area contributed by atoms with Crippen molar-refractivity contribution in [1.82, 2.24) is 10.3 Å². The summed E-state index contributed by atoms with van der Waals surface area (Å²) in [5.74, 6) is 1.52. The lowest BCUT2D eigenvalue weighted by atomic mass is 9.80. The highest BCUT2D eigenvalue weighted by Gasteiger charge is 2.27. The summed E-state index contributed by atoms with van der Waals surface area (Å²) in [6.45, 7) is 10.6. The van der Waals surface area contributed by atoms with Gasteiger partial charge >= 0.3 is 6.09 Å². The van der Waals surface area contributed by atoms with Crippen molar-refractivity contribution in [2.75, 3.05) is 11.9 Å². The Labute approximate surface area is 240 Å². The van der Waals surface area contributed by atoms with Crippen molar-refractivity contribution in [3.05, 3.63) is 58.8 Å². The van der Waals surface area contributed by atoms with Crippen molar-refractivity contribution in [1.29, 1.82) is 5.41 Å². The average Bonchev–Trinajstić information content (AvgIpc) is 2.91. The van der Waals surface area contributed by atoms with Crippen LogP contribution in [0.25, 0.3) is 0 Å². The van der Waals surface area contributed by atoms with E-state index >= 15 is 0 Å². The number of pyridine rings is 1. The molecule has 2 aliphatic rings. The van der Waals surface area contributed by atoms with Gasteiger partial charge in [0.05, 0.1) is 6.04 Å². The van der Waals surface area contributed by atoms with Crippen molar-refractivity contribution < 1.29 is 14.3 Å². The first-order valence-electron chi connectivity index (χ1n) is 15.1. The van der Waals surface area contributed by atoms with E-state index in [0.29, 0.717) is 11.6 Å². The molecule has 0 saturated carbocycles. The number of carbonyl (C=O) groups excluding carboxylic acids is 1. The number of rotatable bonds is 6. The van der Waals surface area contributed by atoms with Crippen LogP contribution in [0.3, 0.4) is 0 Å². The fourth-order valence-corrected chi connectivity index (χ4v) is 6.03. The van der Waals surface area contributed by atoms with E-state index in [1.165, 1.54) is 11.1 Å². The first kappa shape index (κ1) is 30.0. The van der Waals surface area contributed by atoms with Crippen molar-refractivity contribution in [2.24, 2.45) is 5.92 Å². The second-order valence-corrected chi connectivity index (χ2v) is 12.5. The molecule has 2 aromatic rings. The molecule has 3 unspecified atom stereocenters. The molecule has 0 spiro atoms. The van der Waals surface area contributed by atoms with Crippen LogP contribution in [0.1, 0.15) is 120 Å². The lowest BCUT2D eigenvalue weighted by Crippen LogP contribution is -2.35. The molecule has 4 rings (SSSR count). The predicted molar refractivity (Wildman–Crippen MR) is 161 cm³/mol. The molecule has 1 aliphatic heterocycles. The molecule has 1 aromatic carbocycles. The Hall–Kier alpha value is -2.93. The molecule has 7 nitrogen and oxygen atoms in total. The molecule has 2 heterocycles. The summed E-state index contributed by atoms with van der Waals surface area (Å²) >= 11 is 0. The Kier molecular flexibility index (Phi) is 10.2. The quantitative estimate of drug-likeness (QED) is 0.319. The van der Waals surface area contributed by atoms with Crippen LogP contribution in [0.15, 0.2) is 36.4 Å². The van der Waals surface area contributed by atoms with E-state index in [-0.39, 0.29) is 24.3 Å². The SMILES string of the molecule is CC(=N)c1ccc(C(C)C2CCCc3ccccc3[C@@H](NC(=O)OC(C)(C)C)CCC2)nc1NC1CCCCO1. The van der Waals surface area contributed by atoms with Gasteiger partial charge in [-0.1, -0.05) is 37.6 Å². The monoisotopic (exact) mass is 548 g/mol. The second kappa shape index (κ2) is 13.6. The van der Waals surface area contributed by atoms with Gasteiger partial charge in [-0.3, -0.25) is 0 Å². The molecule has 3 N–H and O–H groups in total. The number of nitrogens with one attached hydrogen (secondary N) is 3. The third-order valence-electron chi connectivity index (χ3n) is 8.18. The van der Waals surface area contributed by atoms with Gasteiger partial charge in [0.25, 0.3) is 0 Å². The number of benzene rings is 1. The minimum absolute atomic E-state index is 0.0481. The van der Waals surface area contributed by atoms with Crippen molar-refractivity contribution in [3.63, 3.8) is 0 Å². The molecule has 40 heavy (non-hydrogen) atoms. The third-order valence-corrected chi connectivity index (χ3v) is 8.18. The minimum atomic E-state index is -0.532. The minimum Gasteiger partial charge on any atom is -0.444 e. The zero-order valence-corrected chi connectivity index (χ0v) is 25.0. The van der Waals surface area contributed by atoms with Crippen LogP contribution < -0.4 is 10.6 Å². The number of hydrogen-bond donors (Lipinski definition) is 3. The Morgan fingerprint density at radius 1 is 1.05 bits per heavy atom. The molecule has 1 aliphatic carbocycles. The van der Waals surface area contributed by atoms with Crippen molar-refractivity contribution in [3.8, 4) is 0 Å². The number of nitrogens with zero attached hydrogens (tertiary/aromatic N) is 1. The van der Waals surface area contributed by atoms with Gasteiger partial charge in [0.15, 0.2) is 0 Å². The van der Waals surface area contributed by atoms with Crippen molar-refractivity contribution in [2.45, 2.75) is 116 Å². The van der Waals surface area contributed by atoms with Gasteiger partial charge in [-0.15, -0.1) is 0 Å². The van der Waals surface area contributed by atoms with Gasteiger partial charge in [-0.2, -0.15) is 0 Å². The topological polar surface area (TPSA) is 96.3 Å². The van der Waals surface area contributed by atoms with Gasteiger partial charge < -0.3 is 25.5 Å². The maximum Gasteiger partial charge on any atom is 0.408 e. The van der Waals surface area contributed by atoms with E-state index in [9.17, 15) is 4.79 Å². The van der Waals surface area contributed by atoms with Gasteiger partial charge in [0, 0.05) is 29.5 Å². The van der Waals surface area contributed by atoms with E-state index < -0.39 is 5.60 Å². The zero-order chi connectivity index (χ0) is 28.7. The van der Waals surface area contributed by atoms with E-state index in [1.807, 2.05) is 33.8 Å². The molecule has 7 heteroatoms. The number of alkyl carbamates (subject to hydrolysis) is 1. The molecule has 1 amide bonds. The molecule has 1 aromatic heterocycles. The first-order chi connectivity index (χ1) is 19.1. The summed E-state index contributed by atoms with van der Waals surface area (Å²) in [7, 11) is 0. The Bertz CT molecular complexity index is 1150. The third kappa shape index (κ3) is 8.29. The van der Waals surface area contributed by atoms with Gasteiger partial charge in [0.1, 0.15) is 17.6 Å². The maximum absolute atomic E-state index is 12.7. The highest BCUT2D eigenvalue weighted by Crippen LogP contribution is 2.36. The van der Waals surface area contributed by atoms with Crippen LogP contribution in [0.4, 0.5) is 10.6 Å². The van der Waals surface area contributed by atoms with Crippen LogP contribution in [0, 0.1) is 11.3 Å². The van der Waals surface area contributed by atoms with Gasteiger partial charge in [-0.25, -0.2) is 9.78 Å². The molecule has 4 atom stereocenters. The second-order valence-electron chi connectivity index (χ2n) is 12.5. The summed E-state index contributed by atoms with van der Waals surface area (Å²) in [6.07, 6.45) is 8.92. The number of amides is 1. The van der Waals surface area contributed by atoms with Crippen LogP contribution in [-0.4, -0.2) is 35.2 Å². The summed E-state index contributed by atoms with van der Waals surface area (Å²) in [5.41, 5.74) is 4.39. The van der Waals surface area contributed by atoms with E-state index in [2.05, 4.69) is 47.9 Å². The van der Waals surface area contributed by atoms with Gasteiger partial charge in [0.2, 0.25) is 0 Å². The molecule has 0 radical (unpaired) electrons. The zero-order valence-electron chi connectivity index (χ0n) is 25.0.